The van der Waals surface area contributed by atoms with Crippen LogP contribution in [0.15, 0.2) is 0 Å². The second kappa shape index (κ2) is 5.27. The van der Waals surface area contributed by atoms with E-state index in [2.05, 4.69) is 10.6 Å². The number of quaternary nitrogens is 1. The normalized spacial score (nSPS) is 29.8. The van der Waals surface area contributed by atoms with Crippen LogP contribution in [0.2, 0.25) is 0 Å². The molecule has 4 nitrogen and oxygen atoms in total. The smallest absolute Gasteiger partial charge is 0.317 e. The molecule has 3 aliphatic rings. The van der Waals surface area contributed by atoms with Gasteiger partial charge in [-0.25, -0.2) is 4.79 Å². The van der Waals surface area contributed by atoms with Crippen LogP contribution in [0.1, 0.15) is 32.1 Å². The molecule has 3 rings (SSSR count). The lowest BCUT2D eigenvalue weighted by atomic mass is 9.85. The molecule has 18 heavy (non-hydrogen) atoms. The molecular weight excluding hydrogens is 226 g/mol. The number of carbonyl (C=O) groups excluding carboxylic acids is 1. The summed E-state index contributed by atoms with van der Waals surface area (Å²) in [6, 6.07) is 0.648. The molecule has 0 atom stereocenters. The summed E-state index contributed by atoms with van der Waals surface area (Å²) in [6.07, 6.45) is 5.99. The van der Waals surface area contributed by atoms with E-state index < -0.39 is 0 Å². The maximum Gasteiger partial charge on any atom is 0.317 e. The topological polar surface area (TPSA) is 41.1 Å². The second-order valence-corrected chi connectivity index (χ2v) is 6.18. The molecule has 2 aliphatic heterocycles. The van der Waals surface area contributed by atoms with E-state index in [0.717, 1.165) is 56.6 Å². The van der Waals surface area contributed by atoms with Crippen LogP contribution in [0.25, 0.3) is 0 Å². The van der Waals surface area contributed by atoms with E-state index in [0.29, 0.717) is 17.9 Å². The second-order valence-electron chi connectivity index (χ2n) is 6.18. The number of carbonyl (C=O) groups is 1. The molecular formula is C14H26N3O+. The Bertz CT molecular complexity index is 302. The molecule has 0 aromatic carbocycles. The van der Waals surface area contributed by atoms with Crippen molar-refractivity contribution in [3.8, 4) is 0 Å². The zero-order chi connectivity index (χ0) is 12.4. The molecule has 0 unspecified atom stereocenters. The largest absolute Gasteiger partial charge is 0.317 e. The fourth-order valence-corrected chi connectivity index (χ4v) is 3.87. The lowest BCUT2D eigenvalue weighted by Gasteiger charge is -2.50. The number of nitrogens with zero attached hydrogens (tertiary/aromatic N) is 1. The molecule has 1 saturated carbocycles. The molecule has 0 aromatic heterocycles. The predicted molar refractivity (Wildman–Crippen MR) is 71.1 cm³/mol. The van der Waals surface area contributed by atoms with Gasteiger partial charge in [-0.3, -0.25) is 4.48 Å². The fourth-order valence-electron chi connectivity index (χ4n) is 3.87. The van der Waals surface area contributed by atoms with Crippen molar-refractivity contribution in [2.75, 3.05) is 39.3 Å². The minimum atomic E-state index is 0.324. The van der Waals surface area contributed by atoms with E-state index in [1.807, 2.05) is 0 Å². The SMILES string of the molecule is O=C(C1CCNCC1)[N+]1(C2CCC2)CCNCC1. The van der Waals surface area contributed by atoms with Gasteiger partial charge in [0.1, 0.15) is 0 Å². The highest BCUT2D eigenvalue weighted by molar-refractivity contribution is 5.72. The molecule has 3 fully saturated rings. The lowest BCUT2D eigenvalue weighted by molar-refractivity contribution is -0.889. The van der Waals surface area contributed by atoms with E-state index in [1.165, 1.54) is 19.3 Å². The Morgan fingerprint density at radius 1 is 0.889 bits per heavy atom. The van der Waals surface area contributed by atoms with E-state index in [-0.39, 0.29) is 0 Å². The van der Waals surface area contributed by atoms with Gasteiger partial charge in [-0.1, -0.05) is 0 Å². The van der Waals surface area contributed by atoms with Gasteiger partial charge in [0, 0.05) is 25.9 Å². The van der Waals surface area contributed by atoms with Crippen LogP contribution in [-0.4, -0.2) is 55.7 Å². The van der Waals surface area contributed by atoms with Crippen LogP contribution in [0.4, 0.5) is 0 Å². The van der Waals surface area contributed by atoms with Crippen LogP contribution >= 0.6 is 0 Å². The van der Waals surface area contributed by atoms with Gasteiger partial charge < -0.3 is 10.6 Å². The Hall–Kier alpha value is -0.450. The molecule has 0 radical (unpaired) electrons. The Morgan fingerprint density at radius 2 is 1.50 bits per heavy atom. The van der Waals surface area contributed by atoms with Crippen molar-refractivity contribution >= 4 is 5.91 Å². The molecule has 2 saturated heterocycles. The van der Waals surface area contributed by atoms with Crippen LogP contribution in [0.3, 0.4) is 0 Å². The van der Waals surface area contributed by atoms with Crippen molar-refractivity contribution < 1.29 is 9.28 Å². The molecule has 102 valence electrons. The highest BCUT2D eigenvalue weighted by atomic mass is 16.2. The number of hydrogen-bond donors (Lipinski definition) is 2. The molecule has 0 spiro atoms. The first-order chi connectivity index (χ1) is 8.83. The maximum atomic E-state index is 13.0. The summed E-state index contributed by atoms with van der Waals surface area (Å²) >= 11 is 0. The van der Waals surface area contributed by atoms with Crippen molar-refractivity contribution in [1.82, 2.24) is 10.6 Å². The molecule has 1 amide bonds. The lowest BCUT2D eigenvalue weighted by Crippen LogP contribution is -2.69. The number of amides is 1. The number of piperazine rings is 1. The van der Waals surface area contributed by atoms with Gasteiger partial charge in [0.05, 0.1) is 25.0 Å². The first kappa shape index (κ1) is 12.6. The van der Waals surface area contributed by atoms with Crippen molar-refractivity contribution in [2.24, 2.45) is 5.92 Å². The average molecular weight is 252 g/mol. The number of rotatable bonds is 2. The summed E-state index contributed by atoms with van der Waals surface area (Å²) in [7, 11) is 0. The highest BCUT2D eigenvalue weighted by Gasteiger charge is 2.49. The number of piperidine rings is 1. The van der Waals surface area contributed by atoms with Crippen molar-refractivity contribution in [2.45, 2.75) is 38.1 Å². The van der Waals surface area contributed by atoms with Gasteiger partial charge in [0.2, 0.25) is 0 Å². The fraction of sp³-hybridized carbons (Fsp3) is 0.929. The molecule has 2 heterocycles. The third kappa shape index (κ3) is 2.10. The van der Waals surface area contributed by atoms with Crippen molar-refractivity contribution in [3.63, 3.8) is 0 Å². The van der Waals surface area contributed by atoms with Gasteiger partial charge in [-0.05, 0) is 32.4 Å². The van der Waals surface area contributed by atoms with Crippen LogP contribution in [-0.2, 0) is 4.79 Å². The Morgan fingerprint density at radius 3 is 2.06 bits per heavy atom. The van der Waals surface area contributed by atoms with Crippen molar-refractivity contribution in [1.29, 1.82) is 0 Å². The molecule has 2 N–H and O–H groups in total. The van der Waals surface area contributed by atoms with E-state index in [9.17, 15) is 4.79 Å². The summed E-state index contributed by atoms with van der Waals surface area (Å²) in [6.45, 7) is 6.17. The molecule has 1 aliphatic carbocycles. The van der Waals surface area contributed by atoms with Crippen LogP contribution in [0.5, 0.6) is 0 Å². The summed E-state index contributed by atoms with van der Waals surface area (Å²) in [5, 5.41) is 6.79. The third-order valence-electron chi connectivity index (χ3n) is 5.28. The van der Waals surface area contributed by atoms with Gasteiger partial charge in [0.25, 0.3) is 0 Å². The first-order valence-electron chi connectivity index (χ1n) is 7.65. The monoisotopic (exact) mass is 252 g/mol. The standard InChI is InChI=1S/C14H26N3O/c18-14(12-4-6-15-7-5-12)17(13-2-1-3-13)10-8-16-9-11-17/h12-13,15-16H,1-11H2/q+1. The minimum absolute atomic E-state index is 0.324. The molecule has 0 bridgehead atoms. The van der Waals surface area contributed by atoms with Gasteiger partial charge >= 0.3 is 5.91 Å². The van der Waals surface area contributed by atoms with Gasteiger partial charge in [-0.2, -0.15) is 0 Å². The predicted octanol–water partition coefficient (Wildman–Crippen LogP) is 0.485. The average Bonchev–Trinajstić information content (AvgIpc) is 2.38. The number of nitrogens with one attached hydrogen (secondary N) is 2. The van der Waals surface area contributed by atoms with Gasteiger partial charge in [0.15, 0.2) is 0 Å². The van der Waals surface area contributed by atoms with Crippen molar-refractivity contribution in [3.05, 3.63) is 0 Å². The quantitative estimate of drug-likeness (QED) is 0.703. The minimum Gasteiger partial charge on any atom is -0.317 e. The van der Waals surface area contributed by atoms with Crippen LogP contribution in [0, 0.1) is 5.92 Å². The highest BCUT2D eigenvalue weighted by Crippen LogP contribution is 2.35. The van der Waals surface area contributed by atoms with Gasteiger partial charge in [-0.15, -0.1) is 0 Å². The Kier molecular flexibility index (Phi) is 3.68. The third-order valence-corrected chi connectivity index (χ3v) is 5.28. The molecule has 4 heteroatoms. The number of hydrogen-bond acceptors (Lipinski definition) is 3. The zero-order valence-electron chi connectivity index (χ0n) is 11.3. The summed E-state index contributed by atoms with van der Waals surface area (Å²) in [5.41, 5.74) is 0. The first-order valence-corrected chi connectivity index (χ1v) is 7.65. The summed E-state index contributed by atoms with van der Waals surface area (Å²) in [5.74, 6) is 0.896. The Balaban J connectivity index is 1.76. The summed E-state index contributed by atoms with van der Waals surface area (Å²) < 4.78 is 0.817. The summed E-state index contributed by atoms with van der Waals surface area (Å²) in [4.78, 5) is 13.0. The molecule has 0 aromatic rings. The maximum absolute atomic E-state index is 13.0. The Labute approximate surface area is 110 Å². The van der Waals surface area contributed by atoms with E-state index in [1.54, 1.807) is 0 Å². The van der Waals surface area contributed by atoms with E-state index >= 15 is 0 Å². The van der Waals surface area contributed by atoms with Crippen LogP contribution < -0.4 is 10.6 Å². The van der Waals surface area contributed by atoms with E-state index in [4.69, 9.17) is 0 Å². The zero-order valence-corrected chi connectivity index (χ0v) is 11.3.